The van der Waals surface area contributed by atoms with Crippen LogP contribution in [0.3, 0.4) is 0 Å². The lowest BCUT2D eigenvalue weighted by atomic mass is 9.92. The van der Waals surface area contributed by atoms with Crippen molar-refractivity contribution in [2.24, 2.45) is 0 Å². The van der Waals surface area contributed by atoms with Crippen molar-refractivity contribution >= 4 is 44.2 Å². The Kier molecular flexibility index (Phi) is 5.28. The van der Waals surface area contributed by atoms with Crippen LogP contribution < -0.4 is 4.74 Å². The molecule has 31 heavy (non-hydrogen) atoms. The second-order valence-corrected chi connectivity index (χ2v) is 9.05. The topological polar surface area (TPSA) is 28.3 Å². The van der Waals surface area contributed by atoms with Gasteiger partial charge in [0.25, 0.3) is 5.17 Å². The molecule has 0 saturated heterocycles. The van der Waals surface area contributed by atoms with E-state index in [1.807, 2.05) is 6.07 Å². The van der Waals surface area contributed by atoms with E-state index in [4.69, 9.17) is 17.0 Å². The molecule has 2 heterocycles. The van der Waals surface area contributed by atoms with Gasteiger partial charge in [-0.25, -0.2) is 4.39 Å². The smallest absolute Gasteiger partial charge is 0.265 e. The number of nitrogens with one attached hydrogen (secondary N) is 1. The summed E-state index contributed by atoms with van der Waals surface area (Å²) in [6, 6.07) is 20.7. The van der Waals surface area contributed by atoms with Gasteiger partial charge in [0.1, 0.15) is 11.6 Å². The lowest BCUT2D eigenvalue weighted by Crippen LogP contribution is -2.42. The Morgan fingerprint density at radius 3 is 2.58 bits per heavy atom. The first-order valence-electron chi connectivity index (χ1n) is 10.1. The molecule has 0 bridgehead atoms. The Morgan fingerprint density at radius 2 is 1.84 bits per heavy atom. The first kappa shape index (κ1) is 20.2. The summed E-state index contributed by atoms with van der Waals surface area (Å²) in [7, 11) is 0. The third-order valence-electron chi connectivity index (χ3n) is 5.74. The normalized spacial score (nSPS) is 15.7. The summed E-state index contributed by atoms with van der Waals surface area (Å²) in [5.41, 5.74) is 5.90. The summed E-state index contributed by atoms with van der Waals surface area (Å²) in [6.07, 6.45) is 0.848. The molecule has 0 amide bonds. The number of hydrogen-bond donors (Lipinski definition) is 1. The fourth-order valence-corrected chi connectivity index (χ4v) is 4.87. The maximum Gasteiger partial charge on any atom is 0.265 e. The van der Waals surface area contributed by atoms with Crippen LogP contribution in [0, 0.1) is 12.7 Å². The Bertz CT molecular complexity index is 1270. The van der Waals surface area contributed by atoms with Gasteiger partial charge >= 0.3 is 0 Å². The van der Waals surface area contributed by atoms with Crippen LogP contribution in [0.2, 0.25) is 0 Å². The molecule has 6 heteroatoms. The van der Waals surface area contributed by atoms with Gasteiger partial charge in [-0.3, -0.25) is 0 Å². The highest BCUT2D eigenvalue weighted by Gasteiger charge is 2.34. The third-order valence-corrected chi connectivity index (χ3v) is 6.55. The van der Waals surface area contributed by atoms with E-state index in [2.05, 4.69) is 69.1 Å². The minimum atomic E-state index is -0.303. The number of fused-ring (bicyclic) bond motifs is 3. The average molecular weight is 495 g/mol. The van der Waals surface area contributed by atoms with Crippen LogP contribution in [0.15, 0.2) is 71.2 Å². The van der Waals surface area contributed by atoms with Crippen LogP contribution in [0.4, 0.5) is 4.39 Å². The number of benzene rings is 3. The molecule has 1 unspecified atom stereocenters. The van der Waals surface area contributed by atoms with Crippen LogP contribution in [0.5, 0.6) is 5.75 Å². The summed E-state index contributed by atoms with van der Waals surface area (Å²) < 4.78 is 20.3. The minimum absolute atomic E-state index is 0.0940. The van der Waals surface area contributed by atoms with Crippen molar-refractivity contribution in [1.29, 1.82) is 0 Å². The fourth-order valence-electron chi connectivity index (χ4n) is 4.21. The molecule has 5 rings (SSSR count). The molecule has 3 aromatic carbocycles. The van der Waals surface area contributed by atoms with E-state index < -0.39 is 0 Å². The molecule has 0 fully saturated rings. The summed E-state index contributed by atoms with van der Waals surface area (Å²) in [5.74, 6) is 0.225. The molecule has 4 aromatic rings. The number of thiocarbonyl (C=S) groups is 1. The number of aromatic nitrogens is 1. The first-order chi connectivity index (χ1) is 15.0. The zero-order chi connectivity index (χ0) is 21.5. The van der Waals surface area contributed by atoms with Gasteiger partial charge in [-0.2, -0.15) is 0 Å². The standard InChI is InChI=1S/C25H20BrFN2OS/c1-15-2-4-16(5-3-15)24-23-20(21-14-17(26)6-11-22(21)28-23)12-13-29(24)25(31)30-19-9-7-18(27)8-10-19/h2-11,14,24,28H,12-13H2,1H3. The van der Waals surface area contributed by atoms with E-state index in [0.29, 0.717) is 10.9 Å². The molecular weight excluding hydrogens is 475 g/mol. The molecule has 3 nitrogen and oxygen atoms in total. The zero-order valence-corrected chi connectivity index (χ0v) is 19.3. The third kappa shape index (κ3) is 3.86. The maximum atomic E-state index is 13.3. The van der Waals surface area contributed by atoms with Crippen molar-refractivity contribution in [2.75, 3.05) is 6.54 Å². The predicted molar refractivity (Wildman–Crippen MR) is 129 cm³/mol. The highest BCUT2D eigenvalue weighted by atomic mass is 79.9. The number of H-pyrrole nitrogens is 1. The molecule has 1 N–H and O–H groups in total. The van der Waals surface area contributed by atoms with E-state index in [-0.39, 0.29) is 11.9 Å². The molecule has 1 aromatic heterocycles. The van der Waals surface area contributed by atoms with Gasteiger partial charge in [0.05, 0.1) is 6.04 Å². The fraction of sp³-hybridized carbons (Fsp3) is 0.160. The van der Waals surface area contributed by atoms with E-state index in [9.17, 15) is 4.39 Å². The van der Waals surface area contributed by atoms with Gasteiger partial charge in [0.15, 0.2) is 0 Å². The lowest BCUT2D eigenvalue weighted by Gasteiger charge is -2.37. The van der Waals surface area contributed by atoms with Crippen molar-refractivity contribution in [3.63, 3.8) is 0 Å². The van der Waals surface area contributed by atoms with Crippen molar-refractivity contribution in [3.8, 4) is 5.75 Å². The number of aryl methyl sites for hydroxylation is 1. The van der Waals surface area contributed by atoms with E-state index in [1.54, 1.807) is 12.1 Å². The Balaban J connectivity index is 1.58. The highest BCUT2D eigenvalue weighted by Crippen LogP contribution is 2.39. The predicted octanol–water partition coefficient (Wildman–Crippen LogP) is 6.69. The second kappa shape index (κ2) is 8.09. The molecule has 1 atom stereocenters. The van der Waals surface area contributed by atoms with Gasteiger partial charge in [-0.15, -0.1) is 0 Å². The lowest BCUT2D eigenvalue weighted by molar-refractivity contribution is 0.289. The van der Waals surface area contributed by atoms with Gasteiger partial charge in [-0.05, 0) is 79.2 Å². The molecule has 156 valence electrons. The molecule has 1 aliphatic rings. The summed E-state index contributed by atoms with van der Waals surface area (Å²) in [5, 5.41) is 1.61. The molecule has 1 aliphatic heterocycles. The SMILES string of the molecule is Cc1ccc(C2c3[nH]c4ccc(Br)cc4c3CCN2C(=S)Oc2ccc(F)cc2)cc1. The number of aromatic amines is 1. The van der Waals surface area contributed by atoms with Gasteiger partial charge < -0.3 is 14.6 Å². The van der Waals surface area contributed by atoms with Gasteiger partial charge in [-0.1, -0.05) is 45.8 Å². The van der Waals surface area contributed by atoms with Crippen LogP contribution in [0.25, 0.3) is 10.9 Å². The highest BCUT2D eigenvalue weighted by molar-refractivity contribution is 9.10. The Labute approximate surface area is 194 Å². The minimum Gasteiger partial charge on any atom is -0.432 e. The molecule has 0 saturated carbocycles. The van der Waals surface area contributed by atoms with Gasteiger partial charge in [0, 0.05) is 27.6 Å². The first-order valence-corrected chi connectivity index (χ1v) is 11.3. The summed E-state index contributed by atoms with van der Waals surface area (Å²) in [4.78, 5) is 5.74. The summed E-state index contributed by atoms with van der Waals surface area (Å²) >= 11 is 9.31. The van der Waals surface area contributed by atoms with Crippen LogP contribution >= 0.6 is 28.1 Å². The molecule has 0 spiro atoms. The second-order valence-electron chi connectivity index (χ2n) is 7.79. The largest absolute Gasteiger partial charge is 0.432 e. The van der Waals surface area contributed by atoms with Crippen molar-refractivity contribution in [2.45, 2.75) is 19.4 Å². The van der Waals surface area contributed by atoms with Crippen molar-refractivity contribution < 1.29 is 9.13 Å². The maximum absolute atomic E-state index is 13.3. The monoisotopic (exact) mass is 494 g/mol. The van der Waals surface area contributed by atoms with Crippen molar-refractivity contribution in [1.82, 2.24) is 9.88 Å². The van der Waals surface area contributed by atoms with Crippen LogP contribution in [0.1, 0.15) is 28.4 Å². The number of halogens is 2. The van der Waals surface area contributed by atoms with E-state index in [0.717, 1.165) is 34.2 Å². The van der Waals surface area contributed by atoms with Crippen LogP contribution in [-0.4, -0.2) is 21.6 Å². The van der Waals surface area contributed by atoms with E-state index >= 15 is 0 Å². The number of ether oxygens (including phenoxy) is 1. The number of nitrogens with zero attached hydrogens (tertiary/aromatic N) is 1. The zero-order valence-electron chi connectivity index (χ0n) is 16.9. The van der Waals surface area contributed by atoms with Crippen LogP contribution in [-0.2, 0) is 6.42 Å². The number of rotatable bonds is 2. The number of hydrogen-bond acceptors (Lipinski definition) is 2. The molecule has 0 radical (unpaired) electrons. The summed E-state index contributed by atoms with van der Waals surface area (Å²) in [6.45, 7) is 2.81. The molecule has 0 aliphatic carbocycles. The van der Waals surface area contributed by atoms with E-state index in [1.165, 1.54) is 28.6 Å². The Morgan fingerprint density at radius 1 is 1.10 bits per heavy atom. The molecular formula is C25H20BrFN2OS. The Hall–Kier alpha value is -2.70. The quantitative estimate of drug-likeness (QED) is 0.314. The average Bonchev–Trinajstić information content (AvgIpc) is 3.13. The van der Waals surface area contributed by atoms with Crippen molar-refractivity contribution in [3.05, 3.63) is 99.4 Å². The van der Waals surface area contributed by atoms with Gasteiger partial charge in [0.2, 0.25) is 0 Å².